The predicted octanol–water partition coefficient (Wildman–Crippen LogP) is 0.692. The molecule has 0 unspecified atom stereocenters. The van der Waals surface area contributed by atoms with Gasteiger partial charge in [-0.2, -0.15) is 18.2 Å². The molecule has 0 atom stereocenters. The number of ether oxygens (including phenoxy) is 1. The number of hydrogen-bond donors (Lipinski definition) is 1. The largest absolute Gasteiger partial charge is 0.411 e. The van der Waals surface area contributed by atoms with Crippen molar-refractivity contribution in [2.75, 3.05) is 19.8 Å². The summed E-state index contributed by atoms with van der Waals surface area (Å²) in [4.78, 5) is 3.91. The van der Waals surface area contributed by atoms with E-state index in [0.29, 0.717) is 18.8 Å². The van der Waals surface area contributed by atoms with Gasteiger partial charge in [-0.25, -0.2) is 0 Å². The molecule has 0 bridgehead atoms. The molecule has 8 heteroatoms. The number of hydrogen-bond acceptors (Lipinski definition) is 5. The summed E-state index contributed by atoms with van der Waals surface area (Å²) in [5.41, 5.74) is 5.27. The van der Waals surface area contributed by atoms with Crippen molar-refractivity contribution >= 4 is 0 Å². The van der Waals surface area contributed by atoms with Gasteiger partial charge in [0.05, 0.1) is 13.0 Å². The molecule has 0 saturated carbocycles. The van der Waals surface area contributed by atoms with Gasteiger partial charge in [0.25, 0.3) is 0 Å². The molecule has 0 spiro atoms. The predicted molar refractivity (Wildman–Crippen MR) is 47.6 cm³/mol. The zero-order chi connectivity index (χ0) is 12.0. The Kier molecular flexibility index (Phi) is 4.69. The van der Waals surface area contributed by atoms with E-state index in [1.54, 1.807) is 0 Å². The normalized spacial score (nSPS) is 12.0. The third-order valence-electron chi connectivity index (χ3n) is 1.60. The lowest BCUT2D eigenvalue weighted by Gasteiger charge is -2.05. The van der Waals surface area contributed by atoms with Gasteiger partial charge in [0, 0.05) is 6.42 Å². The van der Waals surface area contributed by atoms with E-state index in [4.69, 9.17) is 10.3 Å². The molecule has 0 saturated heterocycles. The molecule has 1 heterocycles. The molecule has 1 rings (SSSR count). The highest BCUT2D eigenvalue weighted by Crippen LogP contribution is 2.14. The summed E-state index contributed by atoms with van der Waals surface area (Å²) in [6.07, 6.45) is -3.67. The minimum Gasteiger partial charge on any atom is -0.372 e. The average Bonchev–Trinajstić information content (AvgIpc) is 2.60. The molecule has 5 nitrogen and oxygen atoms in total. The fourth-order valence-corrected chi connectivity index (χ4v) is 0.970. The second kappa shape index (κ2) is 5.80. The zero-order valence-corrected chi connectivity index (χ0v) is 8.46. The van der Waals surface area contributed by atoms with Crippen LogP contribution in [0, 0.1) is 0 Å². The van der Waals surface area contributed by atoms with E-state index in [1.807, 2.05) is 0 Å². The molecule has 0 radical (unpaired) electrons. The van der Waals surface area contributed by atoms with Crippen molar-refractivity contribution < 1.29 is 22.4 Å². The lowest BCUT2D eigenvalue weighted by atomic mass is 10.4. The van der Waals surface area contributed by atoms with Crippen LogP contribution in [-0.2, 0) is 17.6 Å². The highest BCUT2D eigenvalue weighted by molar-refractivity contribution is 4.86. The second-order valence-corrected chi connectivity index (χ2v) is 3.06. The summed E-state index contributed by atoms with van der Waals surface area (Å²) in [6, 6.07) is 0. The summed E-state index contributed by atoms with van der Waals surface area (Å²) in [5, 5.41) is 3.59. The summed E-state index contributed by atoms with van der Waals surface area (Å²) in [7, 11) is 0. The van der Waals surface area contributed by atoms with Crippen molar-refractivity contribution in [3.8, 4) is 0 Å². The molecule has 1 aromatic heterocycles. The maximum absolute atomic E-state index is 11.7. The summed E-state index contributed by atoms with van der Waals surface area (Å²) < 4.78 is 44.3. The van der Waals surface area contributed by atoms with Gasteiger partial charge in [0.1, 0.15) is 6.61 Å². The minimum absolute atomic E-state index is 0.107. The van der Waals surface area contributed by atoms with E-state index in [1.165, 1.54) is 0 Å². The number of halogens is 3. The molecule has 0 amide bonds. The van der Waals surface area contributed by atoms with E-state index in [9.17, 15) is 13.2 Å². The molecular formula is C8H12F3N3O2. The van der Waals surface area contributed by atoms with Crippen molar-refractivity contribution in [3.05, 3.63) is 11.7 Å². The fourth-order valence-electron chi connectivity index (χ4n) is 0.970. The lowest BCUT2D eigenvalue weighted by Crippen LogP contribution is -2.18. The molecule has 2 N–H and O–H groups in total. The van der Waals surface area contributed by atoms with Crippen molar-refractivity contribution in [1.82, 2.24) is 10.1 Å². The van der Waals surface area contributed by atoms with Gasteiger partial charge in [-0.3, -0.25) is 0 Å². The Morgan fingerprint density at radius 2 is 2.06 bits per heavy atom. The minimum atomic E-state index is -4.31. The number of alkyl halides is 3. The van der Waals surface area contributed by atoms with Crippen LogP contribution in [0.4, 0.5) is 13.2 Å². The maximum atomic E-state index is 11.7. The molecule has 16 heavy (non-hydrogen) atoms. The van der Waals surface area contributed by atoms with Crippen molar-refractivity contribution in [2.45, 2.75) is 19.0 Å². The number of nitrogens with zero attached hydrogens (tertiary/aromatic N) is 2. The first-order valence-electron chi connectivity index (χ1n) is 4.67. The highest BCUT2D eigenvalue weighted by Gasteiger charge is 2.27. The topological polar surface area (TPSA) is 74.2 Å². The first-order chi connectivity index (χ1) is 7.51. The Morgan fingerprint density at radius 1 is 1.31 bits per heavy atom. The quantitative estimate of drug-likeness (QED) is 0.739. The molecule has 0 aliphatic rings. The average molecular weight is 239 g/mol. The van der Waals surface area contributed by atoms with E-state index in [-0.39, 0.29) is 18.9 Å². The smallest absolute Gasteiger partial charge is 0.372 e. The Hall–Kier alpha value is -1.15. The highest BCUT2D eigenvalue weighted by atomic mass is 19.4. The van der Waals surface area contributed by atoms with Crippen molar-refractivity contribution in [1.29, 1.82) is 0 Å². The molecular weight excluding hydrogens is 227 g/mol. The monoisotopic (exact) mass is 239 g/mol. The third kappa shape index (κ3) is 5.08. The van der Waals surface area contributed by atoms with Gasteiger partial charge in [0.15, 0.2) is 5.82 Å². The van der Waals surface area contributed by atoms with Crippen molar-refractivity contribution in [3.63, 3.8) is 0 Å². The molecule has 0 fully saturated rings. The van der Waals surface area contributed by atoms with Gasteiger partial charge in [0.2, 0.25) is 5.89 Å². The van der Waals surface area contributed by atoms with Gasteiger partial charge in [-0.1, -0.05) is 5.16 Å². The maximum Gasteiger partial charge on any atom is 0.411 e. The van der Waals surface area contributed by atoms with Gasteiger partial charge in [-0.05, 0) is 6.54 Å². The van der Waals surface area contributed by atoms with E-state index in [0.717, 1.165) is 0 Å². The SMILES string of the molecule is NCCc1noc(CCOCC(F)(F)F)n1. The van der Waals surface area contributed by atoms with Crippen LogP contribution >= 0.6 is 0 Å². The lowest BCUT2D eigenvalue weighted by molar-refractivity contribution is -0.173. The first-order valence-corrected chi connectivity index (χ1v) is 4.67. The third-order valence-corrected chi connectivity index (χ3v) is 1.60. The number of nitrogens with two attached hydrogens (primary N) is 1. The number of rotatable bonds is 6. The van der Waals surface area contributed by atoms with Gasteiger partial charge in [-0.15, -0.1) is 0 Å². The Balaban J connectivity index is 2.21. The van der Waals surface area contributed by atoms with Crippen LogP contribution in [-0.4, -0.2) is 36.1 Å². The Labute approximate surface area is 89.8 Å². The van der Waals surface area contributed by atoms with Gasteiger partial charge < -0.3 is 15.0 Å². The van der Waals surface area contributed by atoms with Gasteiger partial charge >= 0.3 is 6.18 Å². The molecule has 92 valence electrons. The van der Waals surface area contributed by atoms with E-state index >= 15 is 0 Å². The van der Waals surface area contributed by atoms with E-state index in [2.05, 4.69) is 14.9 Å². The Bertz CT molecular complexity index is 314. The molecule has 0 aliphatic heterocycles. The van der Waals surface area contributed by atoms with Crippen LogP contribution < -0.4 is 5.73 Å². The van der Waals surface area contributed by atoms with Crippen LogP contribution in [0.1, 0.15) is 11.7 Å². The summed E-state index contributed by atoms with van der Waals surface area (Å²) >= 11 is 0. The van der Waals surface area contributed by atoms with E-state index < -0.39 is 12.8 Å². The van der Waals surface area contributed by atoms with Crippen LogP contribution in [0.2, 0.25) is 0 Å². The zero-order valence-electron chi connectivity index (χ0n) is 8.46. The van der Waals surface area contributed by atoms with Crippen LogP contribution in [0.25, 0.3) is 0 Å². The molecule has 0 aromatic carbocycles. The standard InChI is InChI=1S/C8H12F3N3O2/c9-8(10,11)5-15-4-2-7-13-6(1-3-12)14-16-7/h1-5,12H2. The Morgan fingerprint density at radius 3 is 2.69 bits per heavy atom. The number of aromatic nitrogens is 2. The molecule has 1 aromatic rings. The van der Waals surface area contributed by atoms with Crippen molar-refractivity contribution in [2.24, 2.45) is 5.73 Å². The van der Waals surface area contributed by atoms with Crippen LogP contribution in [0.15, 0.2) is 4.52 Å². The first kappa shape index (κ1) is 12.9. The second-order valence-electron chi connectivity index (χ2n) is 3.06. The van der Waals surface area contributed by atoms with Crippen LogP contribution in [0.5, 0.6) is 0 Å². The summed E-state index contributed by atoms with van der Waals surface area (Å²) in [6.45, 7) is -0.982. The fraction of sp³-hybridized carbons (Fsp3) is 0.750. The molecule has 0 aliphatic carbocycles. The summed E-state index contributed by atoms with van der Waals surface area (Å²) in [5.74, 6) is 0.707. The van der Waals surface area contributed by atoms with Crippen LogP contribution in [0.3, 0.4) is 0 Å².